The average molecular weight is 264 g/mol. The van der Waals surface area contributed by atoms with E-state index in [1.807, 2.05) is 6.07 Å². The topological polar surface area (TPSA) is 23.6 Å². The summed E-state index contributed by atoms with van der Waals surface area (Å²) >= 11 is 0. The van der Waals surface area contributed by atoms with Gasteiger partial charge in [0.15, 0.2) is 5.78 Å². The van der Waals surface area contributed by atoms with Crippen LogP contribution in [0.25, 0.3) is 0 Å². The van der Waals surface area contributed by atoms with Crippen LogP contribution < -0.4 is 4.90 Å². The Labute approximate surface area is 114 Å². The van der Waals surface area contributed by atoms with Gasteiger partial charge in [0.25, 0.3) is 0 Å². The largest absolute Gasteiger partial charge is 0.367 e. The molecule has 0 N–H and O–H groups in total. The number of ketones is 1. The molecule has 1 aliphatic heterocycles. The van der Waals surface area contributed by atoms with E-state index in [-0.39, 0.29) is 17.4 Å². The summed E-state index contributed by atoms with van der Waals surface area (Å²) in [6, 6.07) is 5.15. The van der Waals surface area contributed by atoms with E-state index in [9.17, 15) is 9.18 Å². The first-order valence-electron chi connectivity index (χ1n) is 6.75. The molecule has 1 heterocycles. The molecule has 1 unspecified atom stereocenters. The lowest BCUT2D eigenvalue weighted by Gasteiger charge is -2.31. The lowest BCUT2D eigenvalue weighted by molar-refractivity contribution is 0.101. The van der Waals surface area contributed by atoms with Crippen LogP contribution in [-0.4, -0.2) is 43.4 Å². The lowest BCUT2D eigenvalue weighted by Crippen LogP contribution is -2.38. The monoisotopic (exact) mass is 264 g/mol. The van der Waals surface area contributed by atoms with Gasteiger partial charge in [0.2, 0.25) is 0 Å². The first-order chi connectivity index (χ1) is 9.00. The number of nitrogens with zero attached hydrogens (tertiary/aromatic N) is 2. The minimum absolute atomic E-state index is 0.210. The van der Waals surface area contributed by atoms with Crippen LogP contribution in [0.15, 0.2) is 18.2 Å². The third kappa shape index (κ3) is 2.95. The van der Waals surface area contributed by atoms with Crippen LogP contribution >= 0.6 is 0 Å². The number of rotatable bonds is 2. The van der Waals surface area contributed by atoms with Crippen molar-refractivity contribution in [1.82, 2.24) is 4.90 Å². The third-order valence-electron chi connectivity index (χ3n) is 3.70. The van der Waals surface area contributed by atoms with Crippen LogP contribution in [0.4, 0.5) is 10.1 Å². The molecule has 3 nitrogen and oxygen atoms in total. The molecular formula is C15H21FN2O. The first-order valence-corrected chi connectivity index (χ1v) is 6.75. The smallest absolute Gasteiger partial charge is 0.164 e. The Hall–Kier alpha value is -1.42. The molecule has 19 heavy (non-hydrogen) atoms. The van der Waals surface area contributed by atoms with Crippen LogP contribution in [0.1, 0.15) is 30.6 Å². The van der Waals surface area contributed by atoms with E-state index >= 15 is 0 Å². The number of Topliss-reactive ketones (excluding diaryl/α,β-unsaturated/α-hetero) is 1. The van der Waals surface area contributed by atoms with Crippen LogP contribution in [0.3, 0.4) is 0 Å². The number of carbonyl (C=O) groups is 1. The maximum Gasteiger partial charge on any atom is 0.164 e. The van der Waals surface area contributed by atoms with Gasteiger partial charge < -0.3 is 9.80 Å². The van der Waals surface area contributed by atoms with Gasteiger partial charge in [-0.25, -0.2) is 4.39 Å². The Morgan fingerprint density at radius 2 is 2.11 bits per heavy atom. The maximum atomic E-state index is 13.9. The minimum atomic E-state index is -0.421. The molecule has 1 saturated heterocycles. The van der Waals surface area contributed by atoms with Crippen molar-refractivity contribution in [2.75, 3.05) is 31.6 Å². The zero-order valence-corrected chi connectivity index (χ0v) is 11.8. The Morgan fingerprint density at radius 1 is 1.37 bits per heavy atom. The zero-order chi connectivity index (χ0) is 14.0. The van der Waals surface area contributed by atoms with Gasteiger partial charge in [-0.1, -0.05) is 6.07 Å². The predicted octanol–water partition coefficient (Wildman–Crippen LogP) is 2.56. The van der Waals surface area contributed by atoms with Crippen LogP contribution in [0.5, 0.6) is 0 Å². The van der Waals surface area contributed by atoms with Gasteiger partial charge in [-0.2, -0.15) is 0 Å². The second kappa shape index (κ2) is 5.70. The number of hydrogen-bond donors (Lipinski definition) is 0. The Balaban J connectivity index is 2.40. The van der Waals surface area contributed by atoms with Crippen molar-refractivity contribution >= 4 is 11.5 Å². The maximum absolute atomic E-state index is 13.9. The van der Waals surface area contributed by atoms with Crippen molar-refractivity contribution in [3.8, 4) is 0 Å². The van der Waals surface area contributed by atoms with Gasteiger partial charge >= 0.3 is 0 Å². The molecular weight excluding hydrogens is 243 g/mol. The quantitative estimate of drug-likeness (QED) is 0.767. The molecule has 0 amide bonds. The number of carbonyl (C=O) groups excluding carboxylic acids is 1. The molecule has 4 heteroatoms. The normalized spacial score (nSPS) is 21.3. The van der Waals surface area contributed by atoms with Crippen molar-refractivity contribution in [1.29, 1.82) is 0 Å². The molecule has 1 fully saturated rings. The van der Waals surface area contributed by atoms with E-state index in [2.05, 4.69) is 23.8 Å². The number of anilines is 1. The zero-order valence-electron chi connectivity index (χ0n) is 11.8. The average Bonchev–Trinajstić information content (AvgIpc) is 2.49. The van der Waals surface area contributed by atoms with E-state index in [0.29, 0.717) is 0 Å². The standard InChI is InChI=1S/C15H21FN2O/c1-11-10-17(3)8-5-9-18(11)14-7-4-6-13(16)15(14)12(2)19/h4,6-7,11H,5,8-10H2,1-3H3. The van der Waals surface area contributed by atoms with Gasteiger partial charge in [-0.15, -0.1) is 0 Å². The second-order valence-corrected chi connectivity index (χ2v) is 5.35. The first kappa shape index (κ1) is 14.0. The SMILES string of the molecule is CC(=O)c1c(F)cccc1N1CCCN(C)CC1C. The third-order valence-corrected chi connectivity index (χ3v) is 3.70. The fraction of sp³-hybridized carbons (Fsp3) is 0.533. The molecule has 2 rings (SSSR count). The molecule has 0 radical (unpaired) electrons. The van der Waals surface area contributed by atoms with Gasteiger partial charge in [0.1, 0.15) is 5.82 Å². The minimum Gasteiger partial charge on any atom is -0.367 e. The van der Waals surface area contributed by atoms with Crippen molar-refractivity contribution < 1.29 is 9.18 Å². The summed E-state index contributed by atoms with van der Waals surface area (Å²) in [5, 5.41) is 0. The summed E-state index contributed by atoms with van der Waals surface area (Å²) in [5.74, 6) is -0.632. The number of hydrogen-bond acceptors (Lipinski definition) is 3. The van der Waals surface area contributed by atoms with E-state index in [4.69, 9.17) is 0 Å². The summed E-state index contributed by atoms with van der Waals surface area (Å²) in [4.78, 5) is 16.1. The number of likely N-dealkylation sites (N-methyl/N-ethyl adjacent to an activating group) is 1. The molecule has 1 aliphatic rings. The van der Waals surface area contributed by atoms with Crippen LogP contribution in [-0.2, 0) is 0 Å². The Kier molecular flexibility index (Phi) is 4.20. The van der Waals surface area contributed by atoms with Crippen molar-refractivity contribution in [2.45, 2.75) is 26.3 Å². The second-order valence-electron chi connectivity index (χ2n) is 5.35. The lowest BCUT2D eigenvalue weighted by atomic mass is 10.1. The molecule has 0 bridgehead atoms. The highest BCUT2D eigenvalue weighted by molar-refractivity contribution is 6.00. The molecule has 1 aromatic rings. The van der Waals surface area contributed by atoms with Crippen LogP contribution in [0, 0.1) is 5.82 Å². The molecule has 1 atom stereocenters. The van der Waals surface area contributed by atoms with Gasteiger partial charge in [0, 0.05) is 19.1 Å². The molecule has 0 saturated carbocycles. The molecule has 1 aromatic carbocycles. The molecule has 0 aromatic heterocycles. The van der Waals surface area contributed by atoms with Crippen molar-refractivity contribution in [2.24, 2.45) is 0 Å². The van der Waals surface area contributed by atoms with E-state index < -0.39 is 5.82 Å². The van der Waals surface area contributed by atoms with E-state index in [0.717, 1.165) is 31.7 Å². The van der Waals surface area contributed by atoms with E-state index in [1.165, 1.54) is 13.0 Å². The fourth-order valence-electron chi connectivity index (χ4n) is 2.83. The molecule has 104 valence electrons. The van der Waals surface area contributed by atoms with Gasteiger partial charge in [0.05, 0.1) is 11.3 Å². The highest BCUT2D eigenvalue weighted by atomic mass is 19.1. The van der Waals surface area contributed by atoms with Crippen molar-refractivity contribution in [3.63, 3.8) is 0 Å². The summed E-state index contributed by atoms with van der Waals surface area (Å²) in [5.41, 5.74) is 0.953. The molecule has 0 spiro atoms. The number of benzene rings is 1. The summed E-state index contributed by atoms with van der Waals surface area (Å²) in [7, 11) is 2.09. The summed E-state index contributed by atoms with van der Waals surface area (Å²) in [6.07, 6.45) is 1.02. The predicted molar refractivity (Wildman–Crippen MR) is 75.3 cm³/mol. The van der Waals surface area contributed by atoms with Crippen molar-refractivity contribution in [3.05, 3.63) is 29.6 Å². The fourth-order valence-corrected chi connectivity index (χ4v) is 2.83. The van der Waals surface area contributed by atoms with Gasteiger partial charge in [-0.05, 0) is 46.0 Å². The highest BCUT2D eigenvalue weighted by Gasteiger charge is 2.24. The Bertz CT molecular complexity index is 475. The Morgan fingerprint density at radius 3 is 2.79 bits per heavy atom. The summed E-state index contributed by atoms with van der Waals surface area (Å²) < 4.78 is 13.9. The number of halogens is 1. The van der Waals surface area contributed by atoms with Gasteiger partial charge in [-0.3, -0.25) is 4.79 Å². The summed E-state index contributed by atoms with van der Waals surface area (Å²) in [6.45, 7) is 6.36. The highest BCUT2D eigenvalue weighted by Crippen LogP contribution is 2.27. The van der Waals surface area contributed by atoms with Crippen LogP contribution in [0.2, 0.25) is 0 Å². The molecule has 0 aliphatic carbocycles. The van der Waals surface area contributed by atoms with E-state index in [1.54, 1.807) is 6.07 Å².